The monoisotopic (exact) mass is 307 g/mol. The number of halogens is 3. The Kier molecular flexibility index (Phi) is 5.17. The van der Waals surface area contributed by atoms with Crippen LogP contribution in [0.2, 0.25) is 0 Å². The zero-order valence-electron chi connectivity index (χ0n) is 10.1. The van der Waals surface area contributed by atoms with Crippen LogP contribution in [0.5, 0.6) is 0 Å². The Morgan fingerprint density at radius 1 is 0.750 bits per heavy atom. The van der Waals surface area contributed by atoms with E-state index in [9.17, 15) is 21.6 Å². The molecule has 0 aliphatic carbocycles. The minimum absolute atomic E-state index is 2.00. The number of primary sulfonamides is 1. The molecule has 0 radical (unpaired) electrons. The lowest BCUT2D eigenvalue weighted by molar-refractivity contribution is -1.30. The average Bonchev–Trinajstić information content (AvgIpc) is 2.39. The van der Waals surface area contributed by atoms with E-state index in [-0.39, 0.29) is 0 Å². The number of aromatic nitrogens is 2. The maximum atomic E-state index is 10.8. The quantitative estimate of drug-likeness (QED) is 0.773. The molecule has 20 heavy (non-hydrogen) atoms. The van der Waals surface area contributed by atoms with Gasteiger partial charge in [-0.3, -0.25) is 0 Å². The fourth-order valence-corrected chi connectivity index (χ4v) is 1.09. The van der Waals surface area contributed by atoms with Gasteiger partial charge in [0.2, 0.25) is 24.8 Å². The van der Waals surface area contributed by atoms with E-state index in [0.29, 0.717) is 0 Å². The van der Waals surface area contributed by atoms with Crippen molar-refractivity contribution in [3.63, 3.8) is 0 Å². The molecule has 2 rings (SSSR count). The molecule has 0 aliphatic heterocycles. The minimum atomic E-state index is -5.34. The molecule has 0 fully saturated rings. The van der Waals surface area contributed by atoms with Crippen LogP contribution in [0.15, 0.2) is 61.2 Å². The first-order chi connectivity index (χ1) is 9.22. The van der Waals surface area contributed by atoms with Crippen LogP contribution < -0.4 is 14.5 Å². The Labute approximate surface area is 113 Å². The van der Waals surface area contributed by atoms with Crippen molar-refractivity contribution in [1.29, 1.82) is 0 Å². The van der Waals surface area contributed by atoms with Gasteiger partial charge < -0.3 is 0 Å². The molecule has 0 aliphatic rings. The van der Waals surface area contributed by atoms with Crippen molar-refractivity contribution >= 4 is 10.0 Å². The standard InChI is InChI=1S/C10H10N2.CH2F3NO2S/c1-3-7-11(8-4-1)12-9-5-2-6-10-12;2-1(3,4)8(5,6)7/h1-10H;(H2,5,6,7)/q+2;. The first kappa shape index (κ1) is 16.1. The fraction of sp³-hybridized carbons (Fsp3) is 0.0909. The van der Waals surface area contributed by atoms with Gasteiger partial charge in [0.1, 0.15) is 0 Å². The van der Waals surface area contributed by atoms with Gasteiger partial charge in [-0.2, -0.15) is 13.2 Å². The van der Waals surface area contributed by atoms with E-state index in [2.05, 4.69) is 5.14 Å². The van der Waals surface area contributed by atoms with Crippen LogP contribution in [-0.2, 0) is 10.0 Å². The van der Waals surface area contributed by atoms with Crippen molar-refractivity contribution in [3.8, 4) is 0 Å². The molecular weight excluding hydrogens is 295 g/mol. The fourth-order valence-electron chi connectivity index (χ4n) is 1.09. The Hall–Kier alpha value is -2.00. The molecule has 0 atom stereocenters. The van der Waals surface area contributed by atoms with Crippen molar-refractivity contribution in [2.75, 3.05) is 0 Å². The Morgan fingerprint density at radius 2 is 1.00 bits per heavy atom. The van der Waals surface area contributed by atoms with E-state index in [4.69, 9.17) is 0 Å². The number of hydrogen-bond donors (Lipinski definition) is 1. The van der Waals surface area contributed by atoms with Gasteiger partial charge in [-0.15, -0.1) is 0 Å². The lowest BCUT2D eigenvalue weighted by Gasteiger charge is -1.98. The largest absolute Gasteiger partial charge is 0.511 e. The first-order valence-electron chi connectivity index (χ1n) is 5.24. The van der Waals surface area contributed by atoms with E-state index < -0.39 is 15.5 Å². The number of nitrogens with two attached hydrogens (primary N) is 1. The van der Waals surface area contributed by atoms with Crippen molar-refractivity contribution < 1.29 is 30.9 Å². The predicted molar refractivity (Wildman–Crippen MR) is 63.2 cm³/mol. The molecule has 0 saturated heterocycles. The summed E-state index contributed by atoms with van der Waals surface area (Å²) in [6.45, 7) is 0. The summed E-state index contributed by atoms with van der Waals surface area (Å²) < 4.78 is 55.2. The molecule has 108 valence electrons. The third-order valence-corrected chi connectivity index (χ3v) is 2.63. The molecule has 9 heteroatoms. The number of alkyl halides is 3. The highest BCUT2D eigenvalue weighted by Crippen LogP contribution is 2.18. The smallest absolute Gasteiger partial charge is 0.221 e. The first-order valence-corrected chi connectivity index (χ1v) is 6.79. The number of sulfonamides is 1. The van der Waals surface area contributed by atoms with Crippen molar-refractivity contribution in [2.24, 2.45) is 5.14 Å². The normalized spacial score (nSPS) is 11.4. The number of rotatable bonds is 1. The van der Waals surface area contributed by atoms with E-state index >= 15 is 0 Å². The summed E-state index contributed by atoms with van der Waals surface area (Å²) in [5.41, 5.74) is -5.31. The lowest BCUT2D eigenvalue weighted by Crippen LogP contribution is -2.65. The highest BCUT2D eigenvalue weighted by atomic mass is 32.2. The lowest BCUT2D eigenvalue weighted by atomic mass is 10.5. The van der Waals surface area contributed by atoms with E-state index in [1.807, 2.05) is 70.5 Å². The van der Waals surface area contributed by atoms with Gasteiger partial charge >= 0.3 is 15.5 Å². The second-order valence-electron chi connectivity index (χ2n) is 3.50. The van der Waals surface area contributed by atoms with E-state index in [1.165, 1.54) is 0 Å². The molecular formula is C11H12F3N3O2S+2. The number of nitrogens with zero attached hydrogens (tertiary/aromatic N) is 2. The van der Waals surface area contributed by atoms with Crippen molar-refractivity contribution in [3.05, 3.63) is 61.2 Å². The van der Waals surface area contributed by atoms with Crippen LogP contribution >= 0.6 is 0 Å². The van der Waals surface area contributed by atoms with Gasteiger partial charge in [-0.25, -0.2) is 13.6 Å². The maximum Gasteiger partial charge on any atom is 0.511 e. The van der Waals surface area contributed by atoms with Crippen LogP contribution in [0, 0.1) is 0 Å². The van der Waals surface area contributed by atoms with Crippen molar-refractivity contribution in [1.82, 2.24) is 0 Å². The Bertz CT molecular complexity index is 593. The second-order valence-corrected chi connectivity index (χ2v) is 5.05. The summed E-state index contributed by atoms with van der Waals surface area (Å²) in [6.07, 6.45) is 8.00. The molecule has 2 N–H and O–H groups in total. The molecule has 2 aromatic heterocycles. The van der Waals surface area contributed by atoms with Gasteiger partial charge in [0, 0.05) is 24.3 Å². The van der Waals surface area contributed by atoms with Gasteiger partial charge in [0.25, 0.3) is 0 Å². The van der Waals surface area contributed by atoms with Gasteiger partial charge in [0.15, 0.2) is 0 Å². The highest BCUT2D eigenvalue weighted by molar-refractivity contribution is 7.90. The summed E-state index contributed by atoms with van der Waals surface area (Å²) in [4.78, 5) is 0. The Morgan fingerprint density at radius 3 is 1.20 bits per heavy atom. The van der Waals surface area contributed by atoms with Gasteiger partial charge in [-0.1, -0.05) is 0 Å². The molecule has 0 amide bonds. The van der Waals surface area contributed by atoms with E-state index in [1.54, 1.807) is 0 Å². The van der Waals surface area contributed by atoms with E-state index in [0.717, 1.165) is 0 Å². The summed E-state index contributed by atoms with van der Waals surface area (Å²) in [5, 5.41) is 3.66. The minimum Gasteiger partial charge on any atom is -0.221 e. The van der Waals surface area contributed by atoms with Crippen LogP contribution in [0.4, 0.5) is 13.2 Å². The third-order valence-electron chi connectivity index (χ3n) is 1.99. The van der Waals surface area contributed by atoms with Crippen LogP contribution in [0.3, 0.4) is 0 Å². The summed E-state index contributed by atoms with van der Waals surface area (Å²) >= 11 is 0. The van der Waals surface area contributed by atoms with Gasteiger partial charge in [0.05, 0.1) is 9.35 Å². The average molecular weight is 307 g/mol. The molecule has 0 bridgehead atoms. The molecule has 0 unspecified atom stereocenters. The number of hydrogen-bond acceptors (Lipinski definition) is 2. The topological polar surface area (TPSA) is 67.9 Å². The highest BCUT2D eigenvalue weighted by Gasteiger charge is 2.42. The SMILES string of the molecule is NS(=O)(=O)C(F)(F)F.c1cc[n+](-[n+]2ccccc2)cc1. The molecule has 2 aromatic rings. The van der Waals surface area contributed by atoms with Crippen LogP contribution in [0.1, 0.15) is 0 Å². The summed E-state index contributed by atoms with van der Waals surface area (Å²) in [5.74, 6) is 0. The number of pyridine rings is 2. The molecule has 2 heterocycles. The maximum absolute atomic E-state index is 10.8. The summed E-state index contributed by atoms with van der Waals surface area (Å²) in [6, 6.07) is 12.0. The molecule has 0 aromatic carbocycles. The van der Waals surface area contributed by atoms with Crippen LogP contribution in [0.25, 0.3) is 0 Å². The van der Waals surface area contributed by atoms with Gasteiger partial charge in [-0.05, 0) is 12.1 Å². The third kappa shape index (κ3) is 4.94. The second kappa shape index (κ2) is 6.44. The zero-order valence-corrected chi connectivity index (χ0v) is 10.9. The van der Waals surface area contributed by atoms with Crippen LogP contribution in [-0.4, -0.2) is 13.9 Å². The summed E-state index contributed by atoms with van der Waals surface area (Å²) in [7, 11) is -5.34. The van der Waals surface area contributed by atoms with Crippen molar-refractivity contribution in [2.45, 2.75) is 5.51 Å². The zero-order chi connectivity index (χ0) is 15.2. The molecule has 0 spiro atoms. The molecule has 0 saturated carbocycles. The predicted octanol–water partition coefficient (Wildman–Crippen LogP) is 0.368. The Balaban J connectivity index is 0.000000221. The molecule has 5 nitrogen and oxygen atoms in total.